The molecule has 2 aliphatic heterocycles. The van der Waals surface area contributed by atoms with Crippen molar-refractivity contribution >= 4 is 10.9 Å². The van der Waals surface area contributed by atoms with E-state index in [1.54, 1.807) is 6.20 Å². The summed E-state index contributed by atoms with van der Waals surface area (Å²) in [5.74, 6) is 0. The molecule has 2 aliphatic rings. The summed E-state index contributed by atoms with van der Waals surface area (Å²) < 4.78 is 2.07. The van der Waals surface area contributed by atoms with Gasteiger partial charge in [0.25, 0.3) is 5.56 Å². The second-order valence-corrected chi connectivity index (χ2v) is 4.83. The maximum absolute atomic E-state index is 12.0. The molecule has 0 bridgehead atoms. The zero-order chi connectivity index (χ0) is 13.2. The maximum atomic E-state index is 12.0. The molecular weight excluding hydrogens is 238 g/mol. The average molecular weight is 255 g/mol. The van der Waals surface area contributed by atoms with Crippen LogP contribution in [0.3, 0.4) is 0 Å². The molecule has 4 nitrogen and oxygen atoms in total. The number of aromatic amines is 1. The van der Waals surface area contributed by atoms with E-state index in [1.807, 2.05) is 24.3 Å². The Kier molecular flexibility index (Phi) is 3.07. The van der Waals surface area contributed by atoms with Gasteiger partial charge in [0, 0.05) is 18.1 Å². The van der Waals surface area contributed by atoms with Gasteiger partial charge in [0.2, 0.25) is 0 Å². The zero-order valence-electron chi connectivity index (χ0n) is 11.0. The Hall–Kier alpha value is -2.10. The number of benzene rings is 1. The molecule has 1 N–H and O–H groups in total. The molecule has 0 atom stereocenters. The van der Waals surface area contributed by atoms with E-state index in [0.717, 1.165) is 29.6 Å². The van der Waals surface area contributed by atoms with Gasteiger partial charge in [-0.2, -0.15) is 0 Å². The fourth-order valence-corrected chi connectivity index (χ4v) is 2.51. The molecule has 0 radical (unpaired) electrons. The molecule has 0 unspecified atom stereocenters. The summed E-state index contributed by atoms with van der Waals surface area (Å²) in [5, 5.41) is 4.22. The van der Waals surface area contributed by atoms with Gasteiger partial charge in [-0.15, -0.1) is 0 Å². The first-order valence-corrected chi connectivity index (χ1v) is 6.78. The third-order valence-corrected chi connectivity index (χ3v) is 3.49. The Bertz CT molecular complexity index is 726. The largest absolute Gasteiger partial charge is 0.305 e. The second kappa shape index (κ2) is 4.88. The highest BCUT2D eigenvalue weighted by Gasteiger charge is 2.16. The predicted octanol–water partition coefficient (Wildman–Crippen LogP) is 3.02. The number of H-pyrrole nitrogens is 1. The van der Waals surface area contributed by atoms with Crippen LogP contribution in [0, 0.1) is 0 Å². The SMILES string of the molecule is CCCCCn1[nH]cc2c(=O)nc3ccccc3c1-2. The first-order chi connectivity index (χ1) is 9.31. The Balaban J connectivity index is 2.16. The number of para-hydroxylation sites is 1. The quantitative estimate of drug-likeness (QED) is 0.728. The lowest BCUT2D eigenvalue weighted by Crippen LogP contribution is -2.11. The third-order valence-electron chi connectivity index (χ3n) is 3.49. The molecular formula is C15H17N3O. The summed E-state index contributed by atoms with van der Waals surface area (Å²) in [6.45, 7) is 3.09. The Morgan fingerprint density at radius 1 is 1.26 bits per heavy atom. The molecule has 1 aromatic carbocycles. The fourth-order valence-electron chi connectivity index (χ4n) is 2.51. The molecule has 0 saturated heterocycles. The Morgan fingerprint density at radius 2 is 2.11 bits per heavy atom. The van der Waals surface area contributed by atoms with Gasteiger partial charge in [-0.05, 0) is 12.5 Å². The van der Waals surface area contributed by atoms with Gasteiger partial charge in [0.15, 0.2) is 0 Å². The Morgan fingerprint density at radius 3 is 2.95 bits per heavy atom. The number of rotatable bonds is 4. The highest BCUT2D eigenvalue weighted by Crippen LogP contribution is 2.26. The van der Waals surface area contributed by atoms with E-state index in [2.05, 4.69) is 21.7 Å². The third kappa shape index (κ3) is 2.03. The van der Waals surface area contributed by atoms with E-state index < -0.39 is 0 Å². The summed E-state index contributed by atoms with van der Waals surface area (Å²) in [6, 6.07) is 7.81. The molecule has 19 heavy (non-hydrogen) atoms. The van der Waals surface area contributed by atoms with Crippen LogP contribution in [0.25, 0.3) is 22.2 Å². The molecule has 4 heteroatoms. The van der Waals surface area contributed by atoms with Crippen molar-refractivity contribution < 1.29 is 0 Å². The number of aryl methyl sites for hydroxylation is 1. The number of hydrogen-bond donors (Lipinski definition) is 1. The highest BCUT2D eigenvalue weighted by atomic mass is 16.1. The second-order valence-electron chi connectivity index (χ2n) is 4.83. The van der Waals surface area contributed by atoms with Gasteiger partial charge >= 0.3 is 0 Å². The van der Waals surface area contributed by atoms with Crippen LogP contribution in [0.2, 0.25) is 0 Å². The molecule has 2 heterocycles. The number of nitrogens with zero attached hydrogens (tertiary/aromatic N) is 2. The van der Waals surface area contributed by atoms with Crippen LogP contribution < -0.4 is 5.56 Å². The van der Waals surface area contributed by atoms with Gasteiger partial charge in [0.1, 0.15) is 0 Å². The van der Waals surface area contributed by atoms with Gasteiger partial charge in [0.05, 0.1) is 16.8 Å². The number of aromatic nitrogens is 3. The molecule has 0 saturated carbocycles. The van der Waals surface area contributed by atoms with Crippen molar-refractivity contribution in [2.45, 2.75) is 32.7 Å². The summed E-state index contributed by atoms with van der Waals surface area (Å²) in [4.78, 5) is 16.1. The lowest BCUT2D eigenvalue weighted by atomic mass is 10.1. The van der Waals surface area contributed by atoms with Crippen LogP contribution in [-0.2, 0) is 6.54 Å². The lowest BCUT2D eigenvalue weighted by molar-refractivity contribution is 0.560. The predicted molar refractivity (Wildman–Crippen MR) is 76.5 cm³/mol. The smallest absolute Gasteiger partial charge is 0.281 e. The van der Waals surface area contributed by atoms with Crippen molar-refractivity contribution in [1.82, 2.24) is 14.8 Å². The van der Waals surface area contributed by atoms with Crippen LogP contribution >= 0.6 is 0 Å². The van der Waals surface area contributed by atoms with Crippen LogP contribution in [0.1, 0.15) is 26.2 Å². The molecule has 98 valence electrons. The molecule has 0 spiro atoms. The zero-order valence-corrected chi connectivity index (χ0v) is 11.0. The molecule has 0 aromatic heterocycles. The van der Waals surface area contributed by atoms with E-state index in [-0.39, 0.29) is 5.56 Å². The van der Waals surface area contributed by atoms with Crippen molar-refractivity contribution in [3.05, 3.63) is 40.8 Å². The van der Waals surface area contributed by atoms with E-state index in [4.69, 9.17) is 0 Å². The summed E-state index contributed by atoms with van der Waals surface area (Å²) in [6.07, 6.45) is 5.26. The molecule has 1 aromatic rings. The van der Waals surface area contributed by atoms with Crippen LogP contribution in [0.5, 0.6) is 0 Å². The van der Waals surface area contributed by atoms with Crippen LogP contribution in [-0.4, -0.2) is 14.8 Å². The monoisotopic (exact) mass is 255 g/mol. The number of unbranched alkanes of at least 4 members (excludes halogenated alkanes) is 2. The van der Waals surface area contributed by atoms with Crippen molar-refractivity contribution in [2.24, 2.45) is 0 Å². The summed E-state index contributed by atoms with van der Waals surface area (Å²) in [5.41, 5.74) is 2.27. The van der Waals surface area contributed by atoms with E-state index >= 15 is 0 Å². The molecule has 3 rings (SSSR count). The number of nitrogens with one attached hydrogen (secondary N) is 1. The Labute approximate surface area is 111 Å². The first-order valence-electron chi connectivity index (χ1n) is 6.78. The standard InChI is InChI=1S/C15H17N3O/c1-2-3-6-9-18-14-11-7-4-5-8-13(11)17-15(19)12(14)10-16-18/h4-5,7-8,10,16H,2-3,6,9H2,1H3. The van der Waals surface area contributed by atoms with Crippen LogP contribution in [0.15, 0.2) is 35.3 Å². The van der Waals surface area contributed by atoms with Crippen molar-refractivity contribution in [3.63, 3.8) is 0 Å². The van der Waals surface area contributed by atoms with E-state index in [0.29, 0.717) is 5.56 Å². The van der Waals surface area contributed by atoms with Crippen molar-refractivity contribution in [1.29, 1.82) is 0 Å². The lowest BCUT2D eigenvalue weighted by Gasteiger charge is -2.09. The van der Waals surface area contributed by atoms with E-state index in [9.17, 15) is 4.79 Å². The minimum atomic E-state index is -0.154. The molecule has 0 amide bonds. The molecule has 0 fully saturated rings. The number of fused-ring (bicyclic) bond motifs is 3. The average Bonchev–Trinajstić information content (AvgIpc) is 2.84. The summed E-state index contributed by atoms with van der Waals surface area (Å²) >= 11 is 0. The van der Waals surface area contributed by atoms with Crippen molar-refractivity contribution in [2.75, 3.05) is 0 Å². The first kappa shape index (κ1) is 12.0. The number of pyridine rings is 1. The normalized spacial score (nSPS) is 11.4. The van der Waals surface area contributed by atoms with Crippen LogP contribution in [0.4, 0.5) is 0 Å². The maximum Gasteiger partial charge on any atom is 0.281 e. The highest BCUT2D eigenvalue weighted by molar-refractivity contribution is 5.93. The topological polar surface area (TPSA) is 50.7 Å². The van der Waals surface area contributed by atoms with Gasteiger partial charge < -0.3 is 5.10 Å². The van der Waals surface area contributed by atoms with Gasteiger partial charge in [-0.25, -0.2) is 4.98 Å². The minimum Gasteiger partial charge on any atom is -0.305 e. The van der Waals surface area contributed by atoms with E-state index in [1.165, 1.54) is 12.8 Å². The minimum absolute atomic E-state index is 0.154. The van der Waals surface area contributed by atoms with Gasteiger partial charge in [-0.1, -0.05) is 38.0 Å². The summed E-state index contributed by atoms with van der Waals surface area (Å²) in [7, 11) is 0. The van der Waals surface area contributed by atoms with Crippen molar-refractivity contribution in [3.8, 4) is 11.3 Å². The molecule has 0 aliphatic carbocycles. The number of hydrogen-bond acceptors (Lipinski definition) is 2. The van der Waals surface area contributed by atoms with Gasteiger partial charge in [-0.3, -0.25) is 9.48 Å². The fraction of sp³-hybridized carbons (Fsp3) is 0.333.